The number of nitrogens with zero attached hydrogens (tertiary/aromatic N) is 3. The number of aromatic nitrogens is 2. The molecule has 3 heteroatoms. The average Bonchev–Trinajstić information content (AvgIpc) is 2.98. The highest BCUT2D eigenvalue weighted by Crippen LogP contribution is 2.28. The van der Waals surface area contributed by atoms with Crippen LogP contribution in [-0.2, 0) is 6.54 Å². The van der Waals surface area contributed by atoms with E-state index in [0.717, 1.165) is 43.0 Å². The largest absolute Gasteiger partial charge is 0.299 e. The van der Waals surface area contributed by atoms with E-state index in [-0.39, 0.29) is 0 Å². The van der Waals surface area contributed by atoms with Gasteiger partial charge in [0.05, 0.1) is 11.4 Å². The molecule has 2 aromatic rings. The molecule has 0 N–H and O–H groups in total. The predicted octanol–water partition coefficient (Wildman–Crippen LogP) is 5.28. The lowest BCUT2D eigenvalue weighted by Crippen LogP contribution is -2.23. The lowest BCUT2D eigenvalue weighted by Gasteiger charge is -2.19. The van der Waals surface area contributed by atoms with Gasteiger partial charge >= 0.3 is 0 Å². The lowest BCUT2D eigenvalue weighted by atomic mass is 10.0. The zero-order chi connectivity index (χ0) is 18.2. The van der Waals surface area contributed by atoms with Gasteiger partial charge < -0.3 is 0 Å². The van der Waals surface area contributed by atoms with Gasteiger partial charge in [0.15, 0.2) is 0 Å². The molecule has 0 saturated heterocycles. The van der Waals surface area contributed by atoms with Crippen molar-refractivity contribution in [2.45, 2.75) is 33.2 Å². The summed E-state index contributed by atoms with van der Waals surface area (Å²) in [6, 6.07) is 8.78. The number of allylic oxidation sites excluding steroid dienone is 6. The molecule has 0 spiro atoms. The molecule has 0 bridgehead atoms. The fraction of sp³-hybridized carbons (Fsp3) is 0.304. The van der Waals surface area contributed by atoms with Gasteiger partial charge in [-0.25, -0.2) is 0 Å². The van der Waals surface area contributed by atoms with Crippen molar-refractivity contribution in [3.63, 3.8) is 0 Å². The summed E-state index contributed by atoms with van der Waals surface area (Å²) in [4.78, 5) is 11.7. The Morgan fingerprint density at radius 2 is 1.69 bits per heavy atom. The van der Waals surface area contributed by atoms with Crippen LogP contribution in [0.5, 0.6) is 0 Å². The van der Waals surface area contributed by atoms with Crippen LogP contribution >= 0.6 is 0 Å². The third-order valence-corrected chi connectivity index (χ3v) is 4.62. The van der Waals surface area contributed by atoms with Crippen molar-refractivity contribution in [1.82, 2.24) is 14.9 Å². The maximum atomic E-state index is 4.63. The maximum absolute atomic E-state index is 4.63. The first kappa shape index (κ1) is 18.3. The standard InChI is InChI=1S/C23H27N3/c1-3-17-26(4-2)18-19-11-13-21(14-12-19)23-22(24-15-16-25-23)20-9-7-5-6-8-10-20/h5-9,11-16H,3-4,10,17-18H2,1-2H3. The Balaban J connectivity index is 1.85. The number of rotatable bonds is 7. The first-order valence-electron chi connectivity index (χ1n) is 9.47. The van der Waals surface area contributed by atoms with E-state index in [1.54, 1.807) is 12.4 Å². The molecule has 3 rings (SSSR count). The predicted molar refractivity (Wildman–Crippen MR) is 110 cm³/mol. The Bertz CT molecular complexity index is 800. The van der Waals surface area contributed by atoms with E-state index in [0.29, 0.717) is 0 Å². The molecule has 0 aliphatic heterocycles. The Morgan fingerprint density at radius 1 is 0.923 bits per heavy atom. The second-order valence-corrected chi connectivity index (χ2v) is 6.53. The molecule has 0 radical (unpaired) electrons. The molecule has 1 aromatic carbocycles. The molecule has 3 nitrogen and oxygen atoms in total. The zero-order valence-corrected chi connectivity index (χ0v) is 15.7. The molecule has 0 atom stereocenters. The van der Waals surface area contributed by atoms with Gasteiger partial charge in [-0.2, -0.15) is 0 Å². The highest BCUT2D eigenvalue weighted by molar-refractivity contribution is 5.78. The second kappa shape index (κ2) is 9.25. The Kier molecular flexibility index (Phi) is 6.50. The highest BCUT2D eigenvalue weighted by Gasteiger charge is 2.12. The molecular formula is C23H27N3. The summed E-state index contributed by atoms with van der Waals surface area (Å²) in [5.41, 5.74) is 5.58. The quantitative estimate of drug-likeness (QED) is 0.684. The van der Waals surface area contributed by atoms with Crippen LogP contribution in [0.3, 0.4) is 0 Å². The topological polar surface area (TPSA) is 29.0 Å². The molecule has 134 valence electrons. The molecular weight excluding hydrogens is 318 g/mol. The lowest BCUT2D eigenvalue weighted by molar-refractivity contribution is 0.280. The Morgan fingerprint density at radius 3 is 2.42 bits per heavy atom. The smallest absolute Gasteiger partial charge is 0.0961 e. The van der Waals surface area contributed by atoms with Gasteiger partial charge in [-0.15, -0.1) is 0 Å². The van der Waals surface area contributed by atoms with Crippen LogP contribution in [0.1, 0.15) is 37.9 Å². The molecule has 1 heterocycles. The third-order valence-electron chi connectivity index (χ3n) is 4.62. The molecule has 1 aliphatic rings. The first-order chi connectivity index (χ1) is 12.8. The van der Waals surface area contributed by atoms with Gasteiger partial charge in [0.25, 0.3) is 0 Å². The molecule has 0 saturated carbocycles. The second-order valence-electron chi connectivity index (χ2n) is 6.53. The minimum Gasteiger partial charge on any atom is -0.299 e. The highest BCUT2D eigenvalue weighted by atomic mass is 15.1. The van der Waals surface area contributed by atoms with Crippen molar-refractivity contribution < 1.29 is 0 Å². The zero-order valence-electron chi connectivity index (χ0n) is 15.7. The van der Waals surface area contributed by atoms with E-state index in [1.165, 1.54) is 17.6 Å². The monoisotopic (exact) mass is 345 g/mol. The van der Waals surface area contributed by atoms with Gasteiger partial charge in [-0.05, 0) is 37.1 Å². The van der Waals surface area contributed by atoms with E-state index in [4.69, 9.17) is 0 Å². The van der Waals surface area contributed by atoms with Gasteiger partial charge in [-0.1, -0.05) is 68.5 Å². The maximum Gasteiger partial charge on any atom is 0.0961 e. The van der Waals surface area contributed by atoms with Crippen LogP contribution in [0.4, 0.5) is 0 Å². The number of hydrogen-bond donors (Lipinski definition) is 0. The van der Waals surface area contributed by atoms with Crippen LogP contribution in [0, 0.1) is 0 Å². The van der Waals surface area contributed by atoms with Crippen molar-refractivity contribution in [3.05, 3.63) is 78.3 Å². The summed E-state index contributed by atoms with van der Waals surface area (Å²) in [6.07, 6.45) is 16.1. The number of benzene rings is 1. The van der Waals surface area contributed by atoms with Crippen LogP contribution in [0.25, 0.3) is 16.8 Å². The summed E-state index contributed by atoms with van der Waals surface area (Å²) >= 11 is 0. The SMILES string of the molecule is CCCN(CC)Cc1ccc(-c2nccnc2C2=CC=CC=CC2)cc1. The summed E-state index contributed by atoms with van der Waals surface area (Å²) < 4.78 is 0. The first-order valence-corrected chi connectivity index (χ1v) is 9.47. The van der Waals surface area contributed by atoms with Gasteiger partial charge in [0, 0.05) is 24.5 Å². The van der Waals surface area contributed by atoms with Gasteiger partial charge in [-0.3, -0.25) is 14.9 Å². The summed E-state index contributed by atoms with van der Waals surface area (Å²) in [5, 5.41) is 0. The molecule has 0 fully saturated rings. The fourth-order valence-corrected chi connectivity index (χ4v) is 3.23. The van der Waals surface area contributed by atoms with E-state index < -0.39 is 0 Å². The van der Waals surface area contributed by atoms with E-state index in [2.05, 4.69) is 77.3 Å². The van der Waals surface area contributed by atoms with Crippen LogP contribution in [-0.4, -0.2) is 28.0 Å². The minimum atomic E-state index is 0.874. The summed E-state index contributed by atoms with van der Waals surface area (Å²) in [6.45, 7) is 7.67. The summed E-state index contributed by atoms with van der Waals surface area (Å²) in [7, 11) is 0. The van der Waals surface area contributed by atoms with Gasteiger partial charge in [0.2, 0.25) is 0 Å². The van der Waals surface area contributed by atoms with Crippen molar-refractivity contribution in [3.8, 4) is 11.3 Å². The molecule has 1 aliphatic carbocycles. The molecule has 0 unspecified atom stereocenters. The fourth-order valence-electron chi connectivity index (χ4n) is 3.23. The minimum absolute atomic E-state index is 0.874. The average molecular weight is 345 g/mol. The van der Waals surface area contributed by atoms with E-state index in [9.17, 15) is 0 Å². The molecule has 0 amide bonds. The van der Waals surface area contributed by atoms with Gasteiger partial charge in [0.1, 0.15) is 0 Å². The number of hydrogen-bond acceptors (Lipinski definition) is 3. The Labute approximate surface area is 156 Å². The van der Waals surface area contributed by atoms with Crippen LogP contribution in [0.15, 0.2) is 67.0 Å². The third kappa shape index (κ3) is 4.55. The van der Waals surface area contributed by atoms with Crippen LogP contribution < -0.4 is 0 Å². The van der Waals surface area contributed by atoms with E-state index in [1.807, 2.05) is 6.08 Å². The Hall–Kier alpha value is -2.52. The van der Waals surface area contributed by atoms with Crippen molar-refractivity contribution >= 4 is 5.57 Å². The molecule has 26 heavy (non-hydrogen) atoms. The normalized spacial score (nSPS) is 13.7. The van der Waals surface area contributed by atoms with Crippen molar-refractivity contribution in [2.24, 2.45) is 0 Å². The van der Waals surface area contributed by atoms with Crippen molar-refractivity contribution in [1.29, 1.82) is 0 Å². The summed E-state index contributed by atoms with van der Waals surface area (Å²) in [5.74, 6) is 0. The van der Waals surface area contributed by atoms with E-state index >= 15 is 0 Å². The molecule has 1 aromatic heterocycles. The van der Waals surface area contributed by atoms with Crippen molar-refractivity contribution in [2.75, 3.05) is 13.1 Å². The van der Waals surface area contributed by atoms with Crippen LogP contribution in [0.2, 0.25) is 0 Å².